The Morgan fingerprint density at radius 2 is 1.12 bits per heavy atom. The quantitative estimate of drug-likeness (QED) is 0.671. The van der Waals surface area contributed by atoms with E-state index in [2.05, 4.69) is 0 Å². The molecule has 0 bridgehead atoms. The first-order chi connectivity index (χ1) is 12.4. The summed E-state index contributed by atoms with van der Waals surface area (Å²) in [6.07, 6.45) is -4.26. The summed E-state index contributed by atoms with van der Waals surface area (Å²) in [7, 11) is 0. The largest absolute Gasteiger partial charge is 0.546 e. The molecule has 2 aromatic carbocycles. The van der Waals surface area contributed by atoms with Crippen LogP contribution in [-0.4, -0.2) is 36.0 Å². The van der Waals surface area contributed by atoms with E-state index < -0.39 is 36.0 Å². The van der Waals surface area contributed by atoms with E-state index in [4.69, 9.17) is 15.2 Å². The lowest BCUT2D eigenvalue weighted by molar-refractivity contribution is -0.317. The zero-order valence-electron chi connectivity index (χ0n) is 13.4. The highest BCUT2D eigenvalue weighted by molar-refractivity contribution is 5.96. The van der Waals surface area contributed by atoms with Crippen LogP contribution in [0.25, 0.3) is 0 Å². The van der Waals surface area contributed by atoms with E-state index in [1.165, 1.54) is 36.4 Å². The maximum absolute atomic E-state index is 12.1. The highest BCUT2D eigenvalue weighted by Crippen LogP contribution is 2.12. The van der Waals surface area contributed by atoms with Crippen molar-refractivity contribution in [3.8, 4) is 0 Å². The van der Waals surface area contributed by atoms with Crippen molar-refractivity contribution in [2.45, 2.75) is 12.2 Å². The molecular weight excluding hydrogens is 342 g/mol. The lowest BCUT2D eigenvalue weighted by Crippen LogP contribution is -2.53. The molecule has 0 spiro atoms. The van der Waals surface area contributed by atoms with Crippen molar-refractivity contribution in [1.29, 1.82) is 0 Å². The molecule has 2 atom stereocenters. The van der Waals surface area contributed by atoms with Crippen LogP contribution in [0.4, 0.5) is 0 Å². The summed E-state index contributed by atoms with van der Waals surface area (Å²) >= 11 is 0. The predicted octanol–water partition coefficient (Wildman–Crippen LogP) is -0.327. The highest BCUT2D eigenvalue weighted by atomic mass is 16.6. The molecule has 2 rings (SSSR count). The number of carbonyl (C=O) groups is 4. The second kappa shape index (κ2) is 8.43. The zero-order chi connectivity index (χ0) is 19.1. The average Bonchev–Trinajstić information content (AvgIpc) is 2.65. The second-order valence-electron chi connectivity index (χ2n) is 5.11. The van der Waals surface area contributed by atoms with Gasteiger partial charge < -0.3 is 25.1 Å². The first-order valence-corrected chi connectivity index (χ1v) is 7.42. The standard InChI is InChI=1S/C18H15NO7/c19-15(20)13(25-17(23)11-7-3-1-4-8-11)14(16(21)22)26-18(24)12-9-5-2-6-10-12/h1-10,13-14H,(H2,19,20)(H,21,22)/p-1/t13-,14+/m0/s1. The molecule has 2 N–H and O–H groups in total. The molecule has 8 heteroatoms. The molecule has 0 aliphatic carbocycles. The lowest BCUT2D eigenvalue weighted by atomic mass is 10.1. The molecule has 0 fully saturated rings. The average molecular weight is 356 g/mol. The first-order valence-electron chi connectivity index (χ1n) is 7.42. The number of hydrogen-bond acceptors (Lipinski definition) is 7. The van der Waals surface area contributed by atoms with Crippen molar-refractivity contribution in [3.05, 3.63) is 71.8 Å². The normalized spacial score (nSPS) is 12.5. The van der Waals surface area contributed by atoms with Gasteiger partial charge in [-0.3, -0.25) is 4.79 Å². The van der Waals surface area contributed by atoms with E-state index in [9.17, 15) is 24.3 Å². The molecule has 26 heavy (non-hydrogen) atoms. The maximum Gasteiger partial charge on any atom is 0.339 e. The van der Waals surface area contributed by atoms with Gasteiger partial charge in [-0.25, -0.2) is 9.59 Å². The molecule has 0 unspecified atom stereocenters. The van der Waals surface area contributed by atoms with Crippen molar-refractivity contribution < 1.29 is 33.8 Å². The monoisotopic (exact) mass is 356 g/mol. The van der Waals surface area contributed by atoms with Crippen LogP contribution in [0.1, 0.15) is 20.7 Å². The molecule has 1 amide bonds. The molecule has 0 radical (unpaired) electrons. The number of benzene rings is 2. The summed E-state index contributed by atoms with van der Waals surface area (Å²) in [5, 5.41) is 11.3. The van der Waals surface area contributed by atoms with E-state index >= 15 is 0 Å². The Morgan fingerprint density at radius 1 is 0.731 bits per heavy atom. The summed E-state index contributed by atoms with van der Waals surface area (Å²) in [5.41, 5.74) is 5.22. The summed E-state index contributed by atoms with van der Waals surface area (Å²) in [5.74, 6) is -5.28. The number of primary amides is 1. The molecular formula is C18H14NO7-. The minimum atomic E-state index is -2.20. The van der Waals surface area contributed by atoms with Gasteiger partial charge in [0.1, 0.15) is 0 Å². The number of ether oxygens (including phenoxy) is 2. The number of carboxylic acids is 1. The second-order valence-corrected chi connectivity index (χ2v) is 5.11. The van der Waals surface area contributed by atoms with Gasteiger partial charge in [0.15, 0.2) is 6.10 Å². The van der Waals surface area contributed by atoms with Crippen LogP contribution >= 0.6 is 0 Å². The molecule has 2 aromatic rings. The highest BCUT2D eigenvalue weighted by Gasteiger charge is 2.35. The van der Waals surface area contributed by atoms with Gasteiger partial charge in [-0.05, 0) is 24.3 Å². The number of esters is 2. The summed E-state index contributed by atoms with van der Waals surface area (Å²) in [6, 6.07) is 15.0. The number of nitrogens with two attached hydrogens (primary N) is 1. The fraction of sp³-hybridized carbons (Fsp3) is 0.111. The van der Waals surface area contributed by atoms with Crippen LogP contribution in [0.5, 0.6) is 0 Å². The van der Waals surface area contributed by atoms with E-state index in [0.717, 1.165) is 0 Å². The smallest absolute Gasteiger partial charge is 0.339 e. The molecule has 0 aliphatic rings. The van der Waals surface area contributed by atoms with Crippen LogP contribution in [-0.2, 0) is 19.1 Å². The first kappa shape index (κ1) is 18.7. The molecule has 0 aromatic heterocycles. The zero-order valence-corrected chi connectivity index (χ0v) is 13.4. The van der Waals surface area contributed by atoms with Gasteiger partial charge in [0.25, 0.3) is 5.91 Å². The molecule has 0 saturated carbocycles. The van der Waals surface area contributed by atoms with E-state index in [-0.39, 0.29) is 11.1 Å². The molecule has 0 saturated heterocycles. The van der Waals surface area contributed by atoms with E-state index in [1.807, 2.05) is 0 Å². The maximum atomic E-state index is 12.1. The fourth-order valence-corrected chi connectivity index (χ4v) is 2.02. The Bertz CT molecular complexity index is 735. The van der Waals surface area contributed by atoms with E-state index in [0.29, 0.717) is 0 Å². The Morgan fingerprint density at radius 3 is 1.46 bits per heavy atom. The van der Waals surface area contributed by atoms with Crippen LogP contribution in [0.3, 0.4) is 0 Å². The third-order valence-electron chi connectivity index (χ3n) is 3.27. The van der Waals surface area contributed by atoms with Crippen LogP contribution in [0.15, 0.2) is 60.7 Å². The third kappa shape index (κ3) is 4.67. The number of rotatable bonds is 7. The topological polar surface area (TPSA) is 136 Å². The molecule has 8 nitrogen and oxygen atoms in total. The Balaban J connectivity index is 2.20. The van der Waals surface area contributed by atoms with Crippen molar-refractivity contribution in [2.24, 2.45) is 5.73 Å². The third-order valence-corrected chi connectivity index (χ3v) is 3.27. The van der Waals surface area contributed by atoms with Crippen molar-refractivity contribution in [3.63, 3.8) is 0 Å². The Kier molecular flexibility index (Phi) is 6.05. The number of amides is 1. The van der Waals surface area contributed by atoms with Gasteiger partial charge in [0.05, 0.1) is 17.1 Å². The van der Waals surface area contributed by atoms with Gasteiger partial charge >= 0.3 is 11.9 Å². The van der Waals surface area contributed by atoms with Crippen LogP contribution in [0.2, 0.25) is 0 Å². The van der Waals surface area contributed by atoms with Gasteiger partial charge in [-0.1, -0.05) is 36.4 Å². The van der Waals surface area contributed by atoms with Crippen LogP contribution in [0, 0.1) is 0 Å². The number of aliphatic carboxylic acids is 1. The minimum Gasteiger partial charge on any atom is -0.546 e. The summed E-state index contributed by atoms with van der Waals surface area (Å²) in [4.78, 5) is 47.0. The van der Waals surface area contributed by atoms with Gasteiger partial charge in [0, 0.05) is 0 Å². The molecule has 0 heterocycles. The van der Waals surface area contributed by atoms with Gasteiger partial charge in [0.2, 0.25) is 6.10 Å². The summed E-state index contributed by atoms with van der Waals surface area (Å²) < 4.78 is 9.63. The van der Waals surface area contributed by atoms with Gasteiger partial charge in [-0.15, -0.1) is 0 Å². The van der Waals surface area contributed by atoms with E-state index in [1.54, 1.807) is 24.3 Å². The minimum absolute atomic E-state index is 0.0383. The van der Waals surface area contributed by atoms with Crippen molar-refractivity contribution in [1.82, 2.24) is 0 Å². The molecule has 134 valence electrons. The summed E-state index contributed by atoms with van der Waals surface area (Å²) in [6.45, 7) is 0. The van der Waals surface area contributed by atoms with Crippen molar-refractivity contribution >= 4 is 23.8 Å². The Labute approximate surface area is 148 Å². The lowest BCUT2D eigenvalue weighted by Gasteiger charge is -2.25. The van der Waals surface area contributed by atoms with Gasteiger partial charge in [-0.2, -0.15) is 0 Å². The number of hydrogen-bond donors (Lipinski definition) is 1. The predicted molar refractivity (Wildman–Crippen MR) is 85.5 cm³/mol. The fourth-order valence-electron chi connectivity index (χ4n) is 2.02. The Hall–Kier alpha value is -3.68. The number of carboxylic acid groups (broad SMARTS) is 1. The SMILES string of the molecule is NC(=O)[C@@H](OC(=O)c1ccccc1)[C@@H](OC(=O)c1ccccc1)C(=O)[O-]. The van der Waals surface area contributed by atoms with Crippen LogP contribution < -0.4 is 10.8 Å². The van der Waals surface area contributed by atoms with Crippen molar-refractivity contribution in [2.75, 3.05) is 0 Å². The molecule has 0 aliphatic heterocycles. The number of carbonyl (C=O) groups excluding carboxylic acids is 4.